The maximum Gasteiger partial charge on any atom is 0.302 e. The van der Waals surface area contributed by atoms with E-state index in [-0.39, 0.29) is 22.9 Å². The fourth-order valence-electron chi connectivity index (χ4n) is 7.61. The van der Waals surface area contributed by atoms with Crippen molar-refractivity contribution in [2.75, 3.05) is 0 Å². The maximum absolute atomic E-state index is 13.6. The molecule has 6 unspecified atom stereocenters. The van der Waals surface area contributed by atoms with Crippen LogP contribution < -0.4 is 0 Å². The minimum Gasteiger partial charge on any atom is -0.462 e. The molecule has 4 aliphatic rings. The average molecular weight is 437 g/mol. The first-order chi connectivity index (χ1) is 15.1. The van der Waals surface area contributed by atoms with Crippen LogP contribution in [0.15, 0.2) is 23.4 Å². The Labute approximate surface area is 191 Å². The number of hydrogen-bond donors (Lipinski definition) is 0. The molecular formula is C27H36N2O3. The van der Waals surface area contributed by atoms with Gasteiger partial charge in [-0.2, -0.15) is 5.10 Å². The standard InChI is InChI=1S/C27H36N2O3/c1-16-19(15-28-29(16)5)12-18-13-24-22-7-6-20-14-21(32-17(2)30)8-10-26(20,3)23(22)9-11-27(24,4)25(18)31/h6,12,15,21-24H,7-11,13-14H2,1-5H3/b18-12+. The van der Waals surface area contributed by atoms with E-state index in [4.69, 9.17) is 4.74 Å². The molecule has 0 bridgehead atoms. The molecule has 1 aromatic rings. The van der Waals surface area contributed by atoms with Crippen molar-refractivity contribution in [1.82, 2.24) is 9.78 Å². The molecule has 0 aromatic carbocycles. The lowest BCUT2D eigenvalue weighted by Gasteiger charge is -2.56. The number of Topliss-reactive ketones (excluding diaryl/α,β-unsaturated/α-hetero) is 1. The number of nitrogens with zero attached hydrogens (tertiary/aromatic N) is 2. The highest BCUT2D eigenvalue weighted by molar-refractivity contribution is 6.06. The van der Waals surface area contributed by atoms with Crippen LogP contribution in [0.3, 0.4) is 0 Å². The Morgan fingerprint density at radius 3 is 2.62 bits per heavy atom. The zero-order valence-corrected chi connectivity index (χ0v) is 20.1. The lowest BCUT2D eigenvalue weighted by Crippen LogP contribution is -2.50. The second-order valence-corrected chi connectivity index (χ2v) is 11.2. The van der Waals surface area contributed by atoms with Gasteiger partial charge in [0.05, 0.1) is 6.20 Å². The van der Waals surface area contributed by atoms with Crippen molar-refractivity contribution in [3.63, 3.8) is 0 Å². The minimum atomic E-state index is -0.236. The number of rotatable bonds is 2. The van der Waals surface area contributed by atoms with Gasteiger partial charge in [0.1, 0.15) is 6.10 Å². The summed E-state index contributed by atoms with van der Waals surface area (Å²) in [5.41, 5.74) is 4.59. The molecule has 3 saturated carbocycles. The fraction of sp³-hybridized carbons (Fsp3) is 0.667. The SMILES string of the molecule is CC(=O)OC1CCC2(C)C(=CCC3C4C/C(=C\c5cnn(C)c5C)C(=O)C4(C)CCC32)C1. The van der Waals surface area contributed by atoms with E-state index in [1.165, 1.54) is 12.5 Å². The third-order valence-electron chi connectivity index (χ3n) is 9.63. The van der Waals surface area contributed by atoms with Crippen LogP contribution in [-0.2, 0) is 21.4 Å². The third kappa shape index (κ3) is 3.14. The Hall–Kier alpha value is -2.17. The normalized spacial score (nSPS) is 39.8. The summed E-state index contributed by atoms with van der Waals surface area (Å²) in [7, 11) is 1.95. The van der Waals surface area contributed by atoms with Gasteiger partial charge in [-0.25, -0.2) is 0 Å². The van der Waals surface area contributed by atoms with E-state index in [0.717, 1.165) is 61.8 Å². The molecule has 0 aliphatic heterocycles. The third-order valence-corrected chi connectivity index (χ3v) is 9.63. The number of carbonyl (C=O) groups excluding carboxylic acids is 2. The van der Waals surface area contributed by atoms with E-state index in [2.05, 4.69) is 38.0 Å². The second-order valence-electron chi connectivity index (χ2n) is 11.2. The van der Waals surface area contributed by atoms with Crippen LogP contribution in [0.2, 0.25) is 0 Å². The van der Waals surface area contributed by atoms with Crippen molar-refractivity contribution < 1.29 is 14.3 Å². The molecule has 172 valence electrons. The van der Waals surface area contributed by atoms with Crippen LogP contribution in [0.4, 0.5) is 0 Å². The van der Waals surface area contributed by atoms with Crippen molar-refractivity contribution >= 4 is 17.8 Å². The maximum atomic E-state index is 13.6. The Morgan fingerprint density at radius 2 is 1.94 bits per heavy atom. The monoisotopic (exact) mass is 436 g/mol. The number of esters is 1. The number of aromatic nitrogens is 2. The highest BCUT2D eigenvalue weighted by Crippen LogP contribution is 2.64. The summed E-state index contributed by atoms with van der Waals surface area (Å²) in [6, 6.07) is 0. The first kappa shape index (κ1) is 21.7. The molecule has 1 heterocycles. The molecule has 0 amide bonds. The number of ether oxygens (including phenoxy) is 1. The molecule has 0 spiro atoms. The summed E-state index contributed by atoms with van der Waals surface area (Å²) in [4.78, 5) is 25.1. The highest BCUT2D eigenvalue weighted by Gasteiger charge is 2.60. The van der Waals surface area contributed by atoms with Crippen LogP contribution >= 0.6 is 0 Å². The first-order valence-corrected chi connectivity index (χ1v) is 12.2. The van der Waals surface area contributed by atoms with E-state index in [9.17, 15) is 9.59 Å². The number of ketones is 1. The zero-order chi connectivity index (χ0) is 22.8. The van der Waals surface area contributed by atoms with Crippen molar-refractivity contribution in [2.45, 2.75) is 78.7 Å². The van der Waals surface area contributed by atoms with Gasteiger partial charge in [-0.05, 0) is 80.3 Å². The van der Waals surface area contributed by atoms with Crippen LogP contribution in [-0.4, -0.2) is 27.6 Å². The number of fused-ring (bicyclic) bond motifs is 5. The van der Waals surface area contributed by atoms with Crippen LogP contribution in [0.5, 0.6) is 0 Å². The van der Waals surface area contributed by atoms with Gasteiger partial charge in [-0.3, -0.25) is 14.3 Å². The van der Waals surface area contributed by atoms with Gasteiger partial charge in [-0.15, -0.1) is 0 Å². The molecule has 5 rings (SSSR count). The van der Waals surface area contributed by atoms with Crippen molar-refractivity contribution in [3.05, 3.63) is 34.7 Å². The Morgan fingerprint density at radius 1 is 1.19 bits per heavy atom. The summed E-state index contributed by atoms with van der Waals surface area (Å²) < 4.78 is 7.44. The average Bonchev–Trinajstić information content (AvgIpc) is 3.19. The van der Waals surface area contributed by atoms with E-state index in [0.29, 0.717) is 23.5 Å². The summed E-state index contributed by atoms with van der Waals surface area (Å²) in [6.45, 7) is 8.24. The second kappa shape index (κ2) is 7.43. The molecule has 6 atom stereocenters. The van der Waals surface area contributed by atoms with Gasteiger partial charge in [-0.1, -0.05) is 25.5 Å². The predicted octanol–water partition coefficient (Wildman–Crippen LogP) is 5.19. The van der Waals surface area contributed by atoms with Crippen molar-refractivity contribution in [2.24, 2.45) is 35.6 Å². The highest BCUT2D eigenvalue weighted by atomic mass is 16.5. The van der Waals surface area contributed by atoms with E-state index in [1.807, 2.05) is 17.9 Å². The molecule has 5 heteroatoms. The largest absolute Gasteiger partial charge is 0.462 e. The zero-order valence-electron chi connectivity index (χ0n) is 20.1. The number of hydrogen-bond acceptors (Lipinski definition) is 4. The molecular weight excluding hydrogens is 400 g/mol. The summed E-state index contributed by atoms with van der Waals surface area (Å²) in [5.74, 6) is 1.78. The van der Waals surface area contributed by atoms with Crippen LogP contribution in [0.1, 0.15) is 77.0 Å². The lowest BCUT2D eigenvalue weighted by molar-refractivity contribution is -0.148. The van der Waals surface area contributed by atoms with E-state index >= 15 is 0 Å². The molecule has 0 N–H and O–H groups in total. The quantitative estimate of drug-likeness (QED) is 0.364. The molecule has 5 nitrogen and oxygen atoms in total. The van der Waals surface area contributed by atoms with E-state index < -0.39 is 0 Å². The smallest absolute Gasteiger partial charge is 0.302 e. The summed E-state index contributed by atoms with van der Waals surface area (Å²) >= 11 is 0. The molecule has 0 saturated heterocycles. The summed E-state index contributed by atoms with van der Waals surface area (Å²) in [5, 5.41) is 4.36. The van der Waals surface area contributed by atoms with Gasteiger partial charge in [0.25, 0.3) is 0 Å². The summed E-state index contributed by atoms with van der Waals surface area (Å²) in [6.07, 6.45) is 13.4. The molecule has 4 aliphatic carbocycles. The van der Waals surface area contributed by atoms with Gasteiger partial charge >= 0.3 is 5.97 Å². The fourth-order valence-corrected chi connectivity index (χ4v) is 7.61. The molecule has 1 aromatic heterocycles. The topological polar surface area (TPSA) is 61.2 Å². The molecule has 32 heavy (non-hydrogen) atoms. The van der Waals surface area contributed by atoms with Gasteiger partial charge in [0.2, 0.25) is 0 Å². The Balaban J connectivity index is 1.43. The van der Waals surface area contributed by atoms with Crippen molar-refractivity contribution in [1.29, 1.82) is 0 Å². The van der Waals surface area contributed by atoms with E-state index in [1.54, 1.807) is 0 Å². The number of aryl methyl sites for hydroxylation is 1. The van der Waals surface area contributed by atoms with Crippen LogP contribution in [0.25, 0.3) is 6.08 Å². The van der Waals surface area contributed by atoms with Crippen molar-refractivity contribution in [3.8, 4) is 0 Å². The van der Waals surface area contributed by atoms with Gasteiger partial charge in [0, 0.05) is 37.1 Å². The molecule has 0 radical (unpaired) electrons. The Bertz CT molecular complexity index is 1030. The number of carbonyl (C=O) groups is 2. The molecule has 3 fully saturated rings. The number of allylic oxidation sites excluding steroid dienone is 2. The minimum absolute atomic E-state index is 0.0301. The Kier molecular flexibility index (Phi) is 5.03. The predicted molar refractivity (Wildman–Crippen MR) is 124 cm³/mol. The van der Waals surface area contributed by atoms with Gasteiger partial charge < -0.3 is 4.74 Å². The first-order valence-electron chi connectivity index (χ1n) is 12.2. The lowest BCUT2D eigenvalue weighted by atomic mass is 9.48. The van der Waals surface area contributed by atoms with Gasteiger partial charge in [0.15, 0.2) is 5.78 Å². The van der Waals surface area contributed by atoms with Crippen LogP contribution in [0, 0.1) is 35.5 Å².